The van der Waals surface area contributed by atoms with Gasteiger partial charge in [0.15, 0.2) is 0 Å². The number of halogens is 1. The average Bonchev–Trinajstić information content (AvgIpc) is 2.39. The van der Waals surface area contributed by atoms with E-state index in [1.165, 1.54) is 12.1 Å². The molecule has 0 atom stereocenters. The summed E-state index contributed by atoms with van der Waals surface area (Å²) in [5.74, 6) is 0.569. The van der Waals surface area contributed by atoms with Crippen molar-refractivity contribution in [1.82, 2.24) is 15.3 Å². The lowest BCUT2D eigenvalue weighted by Gasteiger charge is -2.18. The maximum atomic E-state index is 13.1. The fourth-order valence-corrected chi connectivity index (χ4v) is 2.12. The van der Waals surface area contributed by atoms with Gasteiger partial charge in [-0.1, -0.05) is 6.07 Å². The van der Waals surface area contributed by atoms with E-state index in [-0.39, 0.29) is 5.82 Å². The lowest BCUT2D eigenvalue weighted by molar-refractivity contribution is 0.627. The van der Waals surface area contributed by atoms with Gasteiger partial charge in [-0.2, -0.15) is 4.98 Å². The Labute approximate surface area is 110 Å². The van der Waals surface area contributed by atoms with Crippen LogP contribution in [0.2, 0.25) is 0 Å². The second kappa shape index (κ2) is 4.81. The molecule has 0 radical (unpaired) electrons. The van der Waals surface area contributed by atoms with Gasteiger partial charge < -0.3 is 16.4 Å². The second-order valence-corrected chi connectivity index (χ2v) is 4.42. The largest absolute Gasteiger partial charge is 0.383 e. The van der Waals surface area contributed by atoms with Gasteiger partial charge in [-0.3, -0.25) is 0 Å². The summed E-state index contributed by atoms with van der Waals surface area (Å²) < 4.78 is 13.1. The third-order valence-corrected chi connectivity index (χ3v) is 3.05. The van der Waals surface area contributed by atoms with Crippen LogP contribution in [0.4, 0.5) is 21.8 Å². The predicted molar refractivity (Wildman–Crippen MR) is 71.5 cm³/mol. The van der Waals surface area contributed by atoms with Crippen LogP contribution in [0.3, 0.4) is 0 Å². The van der Waals surface area contributed by atoms with E-state index >= 15 is 0 Å². The molecule has 1 aliphatic rings. The van der Waals surface area contributed by atoms with Gasteiger partial charge in [-0.15, -0.1) is 0 Å². The van der Waals surface area contributed by atoms with Crippen molar-refractivity contribution >= 4 is 17.5 Å². The SMILES string of the molecule is Nc1nc(Nc2cccc(F)c2)nc2c1CNCC2. The van der Waals surface area contributed by atoms with E-state index in [4.69, 9.17) is 5.73 Å². The van der Waals surface area contributed by atoms with Crippen LogP contribution in [0.5, 0.6) is 0 Å². The number of nitrogens with two attached hydrogens (primary N) is 1. The maximum absolute atomic E-state index is 13.1. The zero-order valence-corrected chi connectivity index (χ0v) is 10.3. The number of hydrogen-bond donors (Lipinski definition) is 3. The van der Waals surface area contributed by atoms with Crippen LogP contribution in [-0.2, 0) is 13.0 Å². The van der Waals surface area contributed by atoms with Crippen LogP contribution < -0.4 is 16.4 Å². The number of fused-ring (bicyclic) bond motifs is 1. The van der Waals surface area contributed by atoms with E-state index in [2.05, 4.69) is 20.6 Å². The summed E-state index contributed by atoms with van der Waals surface area (Å²) in [6.45, 7) is 1.57. The van der Waals surface area contributed by atoms with Crippen LogP contribution in [0.25, 0.3) is 0 Å². The van der Waals surface area contributed by atoms with Gasteiger partial charge in [0.25, 0.3) is 0 Å². The van der Waals surface area contributed by atoms with Crippen LogP contribution >= 0.6 is 0 Å². The number of nitrogens with zero attached hydrogens (tertiary/aromatic N) is 2. The van der Waals surface area contributed by atoms with Gasteiger partial charge in [-0.05, 0) is 18.2 Å². The number of anilines is 3. The number of aromatic nitrogens is 2. The molecule has 0 aliphatic carbocycles. The summed E-state index contributed by atoms with van der Waals surface area (Å²) in [7, 11) is 0. The molecule has 0 bridgehead atoms. The van der Waals surface area contributed by atoms with Gasteiger partial charge in [0.1, 0.15) is 11.6 Å². The molecule has 0 spiro atoms. The van der Waals surface area contributed by atoms with Gasteiger partial charge in [0.05, 0.1) is 5.69 Å². The minimum Gasteiger partial charge on any atom is -0.383 e. The Balaban J connectivity index is 1.91. The molecule has 0 unspecified atom stereocenters. The van der Waals surface area contributed by atoms with E-state index in [9.17, 15) is 4.39 Å². The number of rotatable bonds is 2. The van der Waals surface area contributed by atoms with E-state index < -0.39 is 0 Å². The smallest absolute Gasteiger partial charge is 0.229 e. The first kappa shape index (κ1) is 11.9. The molecule has 2 heterocycles. The Morgan fingerprint density at radius 3 is 3.05 bits per heavy atom. The van der Waals surface area contributed by atoms with E-state index in [1.807, 2.05) is 0 Å². The van der Waals surface area contributed by atoms with Crippen molar-refractivity contribution < 1.29 is 4.39 Å². The summed E-state index contributed by atoms with van der Waals surface area (Å²) in [5, 5.41) is 6.20. The molecule has 0 saturated carbocycles. The van der Waals surface area contributed by atoms with Crippen LogP contribution in [-0.4, -0.2) is 16.5 Å². The fraction of sp³-hybridized carbons (Fsp3) is 0.231. The third kappa shape index (κ3) is 2.48. The number of hydrogen-bond acceptors (Lipinski definition) is 5. The maximum Gasteiger partial charge on any atom is 0.229 e. The molecule has 3 rings (SSSR count). The lowest BCUT2D eigenvalue weighted by atomic mass is 10.1. The Morgan fingerprint density at radius 2 is 2.21 bits per heavy atom. The summed E-state index contributed by atoms with van der Waals surface area (Å²) in [5.41, 5.74) is 8.43. The lowest BCUT2D eigenvalue weighted by Crippen LogP contribution is -2.26. The Bertz CT molecular complexity index is 614. The summed E-state index contributed by atoms with van der Waals surface area (Å²) in [6.07, 6.45) is 0.819. The summed E-state index contributed by atoms with van der Waals surface area (Å²) in [6, 6.07) is 6.16. The highest BCUT2D eigenvalue weighted by Gasteiger charge is 2.15. The van der Waals surface area contributed by atoms with Gasteiger partial charge in [0.2, 0.25) is 5.95 Å². The van der Waals surface area contributed by atoms with Crippen molar-refractivity contribution in [2.24, 2.45) is 0 Å². The van der Waals surface area contributed by atoms with Crippen LogP contribution in [0, 0.1) is 5.82 Å². The molecule has 5 nitrogen and oxygen atoms in total. The fourth-order valence-electron chi connectivity index (χ4n) is 2.12. The number of benzene rings is 1. The zero-order valence-electron chi connectivity index (χ0n) is 10.3. The minimum atomic E-state index is -0.305. The molecule has 1 aromatic carbocycles. The standard InChI is InChI=1S/C13H14FN5/c14-8-2-1-3-9(6-8)17-13-18-11-4-5-16-7-10(11)12(15)19-13/h1-3,6,16H,4-5,7H2,(H3,15,17,18,19). The Kier molecular flexibility index (Phi) is 3.00. The highest BCUT2D eigenvalue weighted by molar-refractivity contribution is 5.56. The minimum absolute atomic E-state index is 0.305. The number of nitrogen functional groups attached to an aromatic ring is 1. The quantitative estimate of drug-likeness (QED) is 0.763. The first-order valence-corrected chi connectivity index (χ1v) is 6.11. The van der Waals surface area contributed by atoms with Gasteiger partial charge in [-0.25, -0.2) is 9.37 Å². The highest BCUT2D eigenvalue weighted by Crippen LogP contribution is 2.21. The zero-order chi connectivity index (χ0) is 13.2. The van der Waals surface area contributed by atoms with Crippen molar-refractivity contribution in [3.8, 4) is 0 Å². The monoisotopic (exact) mass is 259 g/mol. The molecule has 4 N–H and O–H groups in total. The Morgan fingerprint density at radius 1 is 1.32 bits per heavy atom. The molecule has 1 aliphatic heterocycles. The van der Waals surface area contributed by atoms with Gasteiger partial charge in [0, 0.05) is 30.8 Å². The van der Waals surface area contributed by atoms with E-state index in [1.54, 1.807) is 12.1 Å². The summed E-state index contributed by atoms with van der Waals surface area (Å²) in [4.78, 5) is 8.64. The number of nitrogens with one attached hydrogen (secondary N) is 2. The average molecular weight is 259 g/mol. The van der Waals surface area contributed by atoms with Crippen molar-refractivity contribution in [3.63, 3.8) is 0 Å². The summed E-state index contributed by atoms with van der Waals surface area (Å²) >= 11 is 0. The van der Waals surface area contributed by atoms with Gasteiger partial charge >= 0.3 is 0 Å². The molecule has 0 saturated heterocycles. The molecular weight excluding hydrogens is 245 g/mol. The van der Waals surface area contributed by atoms with E-state index in [0.29, 0.717) is 24.0 Å². The Hall–Kier alpha value is -2.21. The predicted octanol–water partition coefficient (Wildman–Crippen LogP) is 1.59. The first-order valence-electron chi connectivity index (χ1n) is 6.11. The van der Waals surface area contributed by atoms with Crippen LogP contribution in [0.15, 0.2) is 24.3 Å². The molecular formula is C13H14FN5. The molecule has 2 aromatic rings. The normalized spacial score (nSPS) is 13.9. The topological polar surface area (TPSA) is 75.9 Å². The molecule has 98 valence electrons. The third-order valence-electron chi connectivity index (χ3n) is 3.05. The van der Waals surface area contributed by atoms with E-state index in [0.717, 1.165) is 24.2 Å². The molecule has 0 amide bonds. The second-order valence-electron chi connectivity index (χ2n) is 4.42. The highest BCUT2D eigenvalue weighted by atomic mass is 19.1. The van der Waals surface area contributed by atoms with Crippen molar-refractivity contribution in [2.75, 3.05) is 17.6 Å². The van der Waals surface area contributed by atoms with Crippen molar-refractivity contribution in [2.45, 2.75) is 13.0 Å². The van der Waals surface area contributed by atoms with Crippen molar-refractivity contribution in [3.05, 3.63) is 41.3 Å². The molecule has 6 heteroatoms. The molecule has 0 fully saturated rings. The molecule has 1 aromatic heterocycles. The van der Waals surface area contributed by atoms with Crippen LogP contribution in [0.1, 0.15) is 11.3 Å². The first-order chi connectivity index (χ1) is 9.22. The van der Waals surface area contributed by atoms with Crippen molar-refractivity contribution in [1.29, 1.82) is 0 Å². The molecule has 19 heavy (non-hydrogen) atoms.